The van der Waals surface area contributed by atoms with E-state index in [1.807, 2.05) is 19.9 Å². The van der Waals surface area contributed by atoms with Crippen molar-refractivity contribution in [1.29, 1.82) is 5.26 Å². The highest BCUT2D eigenvalue weighted by molar-refractivity contribution is 7.15. The summed E-state index contributed by atoms with van der Waals surface area (Å²) < 4.78 is 21.9. The van der Waals surface area contributed by atoms with Gasteiger partial charge in [0.05, 0.1) is 23.8 Å². The van der Waals surface area contributed by atoms with Crippen molar-refractivity contribution in [1.82, 2.24) is 23.8 Å². The first-order valence-electron chi connectivity index (χ1n) is 11.6. The summed E-state index contributed by atoms with van der Waals surface area (Å²) >= 11 is 1.20. The van der Waals surface area contributed by atoms with Crippen LogP contribution in [0.15, 0.2) is 41.6 Å². The minimum atomic E-state index is -0.679. The number of morpholine rings is 1. The zero-order chi connectivity index (χ0) is 26.3. The van der Waals surface area contributed by atoms with Gasteiger partial charge in [0.25, 0.3) is 0 Å². The maximum absolute atomic E-state index is 13.5. The number of hydrogen-bond acceptors (Lipinski definition) is 8. The number of hydrogen-bond donors (Lipinski definition) is 1. The SMILES string of the molecule is CC1CN(C(=O)Cn2ccn3c(=O)c(O)c(-c4ncc(Cc5ccc(F)cc5C#N)s4)nc23)CC(C)O1. The fourth-order valence-corrected chi connectivity index (χ4v) is 5.38. The van der Waals surface area contributed by atoms with E-state index in [2.05, 4.69) is 9.97 Å². The fraction of sp³-hybridized carbons (Fsp3) is 0.320. The number of imidazole rings is 1. The summed E-state index contributed by atoms with van der Waals surface area (Å²) in [5.41, 5.74) is 0.178. The van der Waals surface area contributed by atoms with Crippen molar-refractivity contribution in [3.05, 3.63) is 69.0 Å². The largest absolute Gasteiger partial charge is 0.501 e. The van der Waals surface area contributed by atoms with Crippen LogP contribution in [0.2, 0.25) is 0 Å². The summed E-state index contributed by atoms with van der Waals surface area (Å²) in [6, 6.07) is 5.99. The van der Waals surface area contributed by atoms with Crippen LogP contribution in [0, 0.1) is 17.1 Å². The molecule has 2 unspecified atom stereocenters. The molecule has 0 radical (unpaired) electrons. The Labute approximate surface area is 214 Å². The van der Waals surface area contributed by atoms with Gasteiger partial charge in [-0.05, 0) is 31.5 Å². The highest BCUT2D eigenvalue weighted by Crippen LogP contribution is 2.30. The zero-order valence-electron chi connectivity index (χ0n) is 20.1. The minimum absolute atomic E-state index is 0.00174. The summed E-state index contributed by atoms with van der Waals surface area (Å²) in [6.45, 7) is 4.75. The molecule has 37 heavy (non-hydrogen) atoms. The highest BCUT2D eigenvalue weighted by Gasteiger charge is 2.27. The van der Waals surface area contributed by atoms with Gasteiger partial charge in [-0.1, -0.05) is 6.07 Å². The smallest absolute Gasteiger partial charge is 0.302 e. The molecule has 12 heteroatoms. The van der Waals surface area contributed by atoms with E-state index < -0.39 is 17.1 Å². The summed E-state index contributed by atoms with van der Waals surface area (Å²) in [7, 11) is 0. The Morgan fingerprint density at radius 3 is 2.78 bits per heavy atom. The molecule has 0 spiro atoms. The summed E-state index contributed by atoms with van der Waals surface area (Å²) in [4.78, 5) is 37.1. The molecular weight excluding hydrogens is 499 g/mol. The Balaban J connectivity index is 1.44. The third-order valence-corrected chi connectivity index (χ3v) is 7.12. The molecule has 1 saturated heterocycles. The Hall–Kier alpha value is -4.08. The number of ether oxygens (including phenoxy) is 1. The molecule has 190 valence electrons. The van der Waals surface area contributed by atoms with Gasteiger partial charge < -0.3 is 19.3 Å². The number of thiazole rings is 1. The molecule has 2 atom stereocenters. The Morgan fingerprint density at radius 1 is 1.30 bits per heavy atom. The van der Waals surface area contributed by atoms with Crippen molar-refractivity contribution in [3.63, 3.8) is 0 Å². The second kappa shape index (κ2) is 9.76. The van der Waals surface area contributed by atoms with Crippen molar-refractivity contribution in [2.24, 2.45) is 0 Å². The monoisotopic (exact) mass is 522 g/mol. The van der Waals surface area contributed by atoms with Gasteiger partial charge in [0, 0.05) is 43.0 Å². The van der Waals surface area contributed by atoms with E-state index in [1.54, 1.807) is 27.9 Å². The van der Waals surface area contributed by atoms with Crippen LogP contribution < -0.4 is 5.56 Å². The molecule has 0 aliphatic carbocycles. The van der Waals surface area contributed by atoms with E-state index in [-0.39, 0.29) is 41.7 Å². The Morgan fingerprint density at radius 2 is 2.05 bits per heavy atom. The van der Waals surface area contributed by atoms with E-state index in [1.165, 1.54) is 34.1 Å². The fourth-order valence-electron chi connectivity index (χ4n) is 4.46. The van der Waals surface area contributed by atoms with Gasteiger partial charge >= 0.3 is 5.56 Å². The number of amides is 1. The molecule has 4 aromatic rings. The molecule has 1 aliphatic rings. The summed E-state index contributed by atoms with van der Waals surface area (Å²) in [6.07, 6.45) is 4.77. The molecule has 1 aliphatic heterocycles. The lowest BCUT2D eigenvalue weighted by molar-refractivity contribution is -0.143. The van der Waals surface area contributed by atoms with Crippen molar-refractivity contribution < 1.29 is 19.0 Å². The van der Waals surface area contributed by atoms with E-state index in [0.29, 0.717) is 30.1 Å². The molecule has 1 aromatic carbocycles. The van der Waals surface area contributed by atoms with Gasteiger partial charge in [-0.15, -0.1) is 11.3 Å². The number of fused-ring (bicyclic) bond motifs is 1. The van der Waals surface area contributed by atoms with Gasteiger partial charge in [0.2, 0.25) is 17.4 Å². The van der Waals surface area contributed by atoms with Gasteiger partial charge in [-0.2, -0.15) is 5.26 Å². The van der Waals surface area contributed by atoms with E-state index in [4.69, 9.17) is 4.74 Å². The quantitative estimate of drug-likeness (QED) is 0.427. The minimum Gasteiger partial charge on any atom is -0.501 e. The number of aromatic nitrogens is 4. The number of aromatic hydroxyl groups is 1. The van der Waals surface area contributed by atoms with E-state index >= 15 is 0 Å². The number of nitrogens with zero attached hydrogens (tertiary/aromatic N) is 6. The van der Waals surface area contributed by atoms with Gasteiger partial charge in [-0.25, -0.2) is 18.8 Å². The molecule has 4 heterocycles. The summed E-state index contributed by atoms with van der Waals surface area (Å²) in [5, 5.41) is 20.2. The van der Waals surface area contributed by atoms with Crippen molar-refractivity contribution in [2.75, 3.05) is 13.1 Å². The predicted molar refractivity (Wildman–Crippen MR) is 133 cm³/mol. The van der Waals surface area contributed by atoms with Crippen LogP contribution in [0.5, 0.6) is 5.75 Å². The van der Waals surface area contributed by atoms with Crippen LogP contribution >= 0.6 is 11.3 Å². The lowest BCUT2D eigenvalue weighted by Crippen LogP contribution is -2.49. The first kappa shape index (κ1) is 24.6. The number of halogens is 1. The number of benzene rings is 1. The van der Waals surface area contributed by atoms with Crippen molar-refractivity contribution in [2.45, 2.75) is 39.0 Å². The number of carbonyl (C=O) groups excluding carboxylic acids is 1. The normalized spacial score (nSPS) is 17.7. The number of carbonyl (C=O) groups is 1. The topological polar surface area (TPSA) is 126 Å². The second-order valence-electron chi connectivity index (χ2n) is 8.99. The highest BCUT2D eigenvalue weighted by atomic mass is 32.1. The van der Waals surface area contributed by atoms with Crippen LogP contribution in [0.3, 0.4) is 0 Å². The zero-order valence-corrected chi connectivity index (χ0v) is 20.9. The number of nitriles is 1. The van der Waals surface area contributed by atoms with Crippen LogP contribution in [-0.4, -0.2) is 60.1 Å². The average Bonchev–Trinajstić information content (AvgIpc) is 3.49. The van der Waals surface area contributed by atoms with Crippen molar-refractivity contribution >= 4 is 23.0 Å². The standard InChI is InChI=1S/C25H23FN6O4S/c1-14-11-31(12-15(2)36-14)20(33)13-30-5-6-32-24(35)22(34)21(29-25(30)32)23-28-10-19(37-23)8-16-3-4-18(26)7-17(16)9-27/h3-7,10,14-15,34H,8,11-13H2,1-2H3. The third kappa shape index (κ3) is 4.83. The molecule has 0 bridgehead atoms. The van der Waals surface area contributed by atoms with Crippen molar-refractivity contribution in [3.8, 4) is 22.5 Å². The lowest BCUT2D eigenvalue weighted by atomic mass is 10.1. The van der Waals surface area contributed by atoms with Crippen LogP contribution in [0.1, 0.15) is 29.9 Å². The maximum atomic E-state index is 13.5. The molecule has 5 rings (SSSR count). The van der Waals surface area contributed by atoms with Crippen LogP contribution in [-0.2, 0) is 22.5 Å². The lowest BCUT2D eigenvalue weighted by Gasteiger charge is -2.35. The molecule has 3 aromatic heterocycles. The first-order valence-corrected chi connectivity index (χ1v) is 12.4. The van der Waals surface area contributed by atoms with Gasteiger partial charge in [0.1, 0.15) is 17.4 Å². The molecule has 1 N–H and O–H groups in total. The number of rotatable bonds is 5. The van der Waals surface area contributed by atoms with Crippen LogP contribution in [0.25, 0.3) is 16.5 Å². The van der Waals surface area contributed by atoms with Gasteiger partial charge in [0.15, 0.2) is 5.69 Å². The average molecular weight is 523 g/mol. The molecule has 10 nitrogen and oxygen atoms in total. The predicted octanol–water partition coefficient (Wildman–Crippen LogP) is 2.56. The Kier molecular flexibility index (Phi) is 6.49. The second-order valence-corrected chi connectivity index (χ2v) is 10.1. The maximum Gasteiger partial charge on any atom is 0.302 e. The molecular formula is C25H23FN6O4S. The van der Waals surface area contributed by atoms with Crippen LogP contribution in [0.4, 0.5) is 4.39 Å². The van der Waals surface area contributed by atoms with Gasteiger partial charge in [-0.3, -0.25) is 9.59 Å². The molecule has 1 fully saturated rings. The third-order valence-electron chi connectivity index (χ3n) is 6.12. The first-order chi connectivity index (χ1) is 17.7. The molecule has 0 saturated carbocycles. The Bertz CT molecular complexity index is 1590. The van der Waals surface area contributed by atoms with E-state index in [9.17, 15) is 24.3 Å². The van der Waals surface area contributed by atoms with E-state index in [0.717, 1.165) is 4.88 Å². The molecule has 1 amide bonds. The summed E-state index contributed by atoms with van der Waals surface area (Å²) in [5.74, 6) is -0.985.